The Balaban J connectivity index is 2.08. The van der Waals surface area contributed by atoms with Gasteiger partial charge >= 0.3 is 0 Å². The van der Waals surface area contributed by atoms with E-state index in [0.29, 0.717) is 6.42 Å². The number of hydrogen-bond donors (Lipinski definition) is 1. The number of nitrogens with two attached hydrogens (primary N) is 1. The van der Waals surface area contributed by atoms with Gasteiger partial charge in [0.25, 0.3) is 0 Å². The van der Waals surface area contributed by atoms with Crippen molar-refractivity contribution in [3.05, 3.63) is 69.7 Å². The summed E-state index contributed by atoms with van der Waals surface area (Å²) in [5, 5.41) is 0. The maximum absolute atomic E-state index is 13.8. The topological polar surface area (TPSA) is 43.1 Å². The Morgan fingerprint density at radius 3 is 2.48 bits per heavy atom. The first-order valence-electron chi connectivity index (χ1n) is 6.48. The molecule has 0 fully saturated rings. The minimum atomic E-state index is -0.867. The van der Waals surface area contributed by atoms with E-state index in [2.05, 4.69) is 15.9 Å². The van der Waals surface area contributed by atoms with Crippen molar-refractivity contribution in [2.75, 3.05) is 0 Å². The Bertz CT molecular complexity index is 646. The Kier molecular flexibility index (Phi) is 5.20. The Morgan fingerprint density at radius 2 is 1.81 bits per heavy atom. The van der Waals surface area contributed by atoms with Crippen molar-refractivity contribution in [2.24, 2.45) is 5.73 Å². The Morgan fingerprint density at radius 1 is 1.14 bits per heavy atom. The smallest absolute Gasteiger partial charge is 0.168 e. The summed E-state index contributed by atoms with van der Waals surface area (Å²) in [6.45, 7) is 0. The molecule has 0 heterocycles. The van der Waals surface area contributed by atoms with E-state index in [-0.39, 0.29) is 16.9 Å². The van der Waals surface area contributed by atoms with E-state index in [1.807, 2.05) is 30.3 Å². The second-order valence-electron chi connectivity index (χ2n) is 4.70. The minimum absolute atomic E-state index is 0.0135. The molecule has 2 aromatic rings. The average Bonchev–Trinajstić information content (AvgIpc) is 2.50. The van der Waals surface area contributed by atoms with Crippen molar-refractivity contribution in [1.29, 1.82) is 0 Å². The summed E-state index contributed by atoms with van der Waals surface area (Å²) >= 11 is 2.95. The van der Waals surface area contributed by atoms with Gasteiger partial charge in [-0.2, -0.15) is 0 Å². The molecule has 0 saturated heterocycles. The molecule has 0 saturated carbocycles. The Hall–Kier alpha value is -1.59. The lowest BCUT2D eigenvalue weighted by atomic mass is 9.98. The molecule has 21 heavy (non-hydrogen) atoms. The molecular weight excluding hydrogens is 340 g/mol. The molecule has 2 rings (SSSR count). The van der Waals surface area contributed by atoms with Gasteiger partial charge in [0.15, 0.2) is 11.6 Å². The number of rotatable bonds is 5. The molecule has 110 valence electrons. The van der Waals surface area contributed by atoms with E-state index in [9.17, 15) is 13.6 Å². The molecular formula is C16H14BrF2NO. The van der Waals surface area contributed by atoms with Crippen LogP contribution in [0.25, 0.3) is 0 Å². The third-order valence-electron chi connectivity index (χ3n) is 3.23. The largest absolute Gasteiger partial charge is 0.324 e. The van der Waals surface area contributed by atoms with Crippen molar-refractivity contribution in [1.82, 2.24) is 0 Å². The third kappa shape index (κ3) is 3.74. The van der Waals surface area contributed by atoms with Crippen molar-refractivity contribution in [3.8, 4) is 0 Å². The van der Waals surface area contributed by atoms with E-state index in [1.165, 1.54) is 6.07 Å². The predicted molar refractivity (Wildman–Crippen MR) is 81.0 cm³/mol. The van der Waals surface area contributed by atoms with Gasteiger partial charge in [-0.1, -0.05) is 30.3 Å². The fourth-order valence-corrected chi connectivity index (χ4v) is 2.39. The van der Waals surface area contributed by atoms with Crippen molar-refractivity contribution < 1.29 is 13.6 Å². The first kappa shape index (κ1) is 15.8. The molecule has 5 heteroatoms. The molecule has 0 aliphatic carbocycles. The van der Waals surface area contributed by atoms with Gasteiger partial charge in [-0.15, -0.1) is 0 Å². The fraction of sp³-hybridized carbons (Fsp3) is 0.188. The van der Waals surface area contributed by atoms with Crippen LogP contribution in [0, 0.1) is 11.6 Å². The van der Waals surface area contributed by atoms with E-state index in [4.69, 9.17) is 5.73 Å². The standard InChI is InChI=1S/C16H14BrF2NO/c17-11-6-7-12(18)15(16(11)19)14(21)9-8-13(20)10-4-2-1-3-5-10/h1-7,13H,8-9,20H2. The van der Waals surface area contributed by atoms with Crippen LogP contribution in [0.4, 0.5) is 8.78 Å². The zero-order valence-electron chi connectivity index (χ0n) is 11.2. The summed E-state index contributed by atoms with van der Waals surface area (Å²) in [4.78, 5) is 12.0. The molecule has 2 N–H and O–H groups in total. The molecule has 0 aromatic heterocycles. The van der Waals surface area contributed by atoms with E-state index in [1.54, 1.807) is 0 Å². The van der Waals surface area contributed by atoms with E-state index >= 15 is 0 Å². The summed E-state index contributed by atoms with van der Waals surface area (Å²) in [6.07, 6.45) is 0.314. The van der Waals surface area contributed by atoms with Crippen LogP contribution >= 0.6 is 15.9 Å². The highest BCUT2D eigenvalue weighted by atomic mass is 79.9. The molecule has 0 radical (unpaired) electrons. The Labute approximate surface area is 130 Å². The van der Waals surface area contributed by atoms with Gasteiger partial charge in [-0.25, -0.2) is 8.78 Å². The second kappa shape index (κ2) is 6.91. The number of halogens is 3. The van der Waals surface area contributed by atoms with Crippen LogP contribution in [0.15, 0.2) is 46.9 Å². The van der Waals surface area contributed by atoms with Gasteiger partial charge < -0.3 is 5.73 Å². The first-order valence-corrected chi connectivity index (χ1v) is 7.27. The lowest BCUT2D eigenvalue weighted by molar-refractivity contribution is 0.0969. The average molecular weight is 354 g/mol. The van der Waals surface area contributed by atoms with Gasteiger partial charge in [-0.3, -0.25) is 4.79 Å². The number of ketones is 1. The van der Waals surface area contributed by atoms with Crippen LogP contribution in [-0.2, 0) is 0 Å². The van der Waals surface area contributed by atoms with Gasteiger partial charge in [-0.05, 0) is 40.0 Å². The van der Waals surface area contributed by atoms with E-state index < -0.39 is 23.0 Å². The molecule has 1 unspecified atom stereocenters. The van der Waals surface area contributed by atoms with Crippen LogP contribution in [0.3, 0.4) is 0 Å². The van der Waals surface area contributed by atoms with Crippen LogP contribution in [0.2, 0.25) is 0 Å². The van der Waals surface area contributed by atoms with Crippen LogP contribution in [0.1, 0.15) is 34.8 Å². The van der Waals surface area contributed by atoms with Crippen molar-refractivity contribution in [3.63, 3.8) is 0 Å². The van der Waals surface area contributed by atoms with Crippen LogP contribution in [-0.4, -0.2) is 5.78 Å². The maximum atomic E-state index is 13.8. The van der Waals surface area contributed by atoms with Crippen LogP contribution < -0.4 is 5.73 Å². The van der Waals surface area contributed by atoms with Crippen molar-refractivity contribution >= 4 is 21.7 Å². The zero-order chi connectivity index (χ0) is 15.4. The normalized spacial score (nSPS) is 12.2. The number of Topliss-reactive ketones (excluding diaryl/α,β-unsaturated/α-hetero) is 1. The molecule has 2 nitrogen and oxygen atoms in total. The maximum Gasteiger partial charge on any atom is 0.168 e. The minimum Gasteiger partial charge on any atom is -0.324 e. The summed E-state index contributed by atoms with van der Waals surface area (Å²) in [5.41, 5.74) is 6.36. The second-order valence-corrected chi connectivity index (χ2v) is 5.55. The molecule has 0 aliphatic heterocycles. The number of carbonyl (C=O) groups excluding carboxylic acids is 1. The monoisotopic (exact) mass is 353 g/mol. The summed E-state index contributed by atoms with van der Waals surface area (Å²) in [5.74, 6) is -2.31. The summed E-state index contributed by atoms with van der Waals surface area (Å²) in [7, 11) is 0. The van der Waals surface area contributed by atoms with Gasteiger partial charge in [0.1, 0.15) is 5.82 Å². The molecule has 0 aliphatic rings. The first-order chi connectivity index (χ1) is 10.0. The van der Waals surface area contributed by atoms with Crippen LogP contribution in [0.5, 0.6) is 0 Å². The van der Waals surface area contributed by atoms with Gasteiger partial charge in [0.05, 0.1) is 10.0 Å². The highest BCUT2D eigenvalue weighted by molar-refractivity contribution is 9.10. The number of hydrogen-bond acceptors (Lipinski definition) is 2. The summed E-state index contributed by atoms with van der Waals surface area (Å²) < 4.78 is 27.5. The number of benzene rings is 2. The van der Waals surface area contributed by atoms with Gasteiger partial charge in [0.2, 0.25) is 0 Å². The van der Waals surface area contributed by atoms with Gasteiger partial charge in [0, 0.05) is 12.5 Å². The quantitative estimate of drug-likeness (QED) is 0.639. The molecule has 0 spiro atoms. The highest BCUT2D eigenvalue weighted by Gasteiger charge is 2.20. The third-order valence-corrected chi connectivity index (χ3v) is 3.85. The molecule has 2 aromatic carbocycles. The predicted octanol–water partition coefficient (Wildman–Crippen LogP) is 4.39. The highest BCUT2D eigenvalue weighted by Crippen LogP contribution is 2.24. The number of carbonyl (C=O) groups is 1. The SMILES string of the molecule is NC(CCC(=O)c1c(F)ccc(Br)c1F)c1ccccc1. The van der Waals surface area contributed by atoms with Crippen molar-refractivity contribution in [2.45, 2.75) is 18.9 Å². The fourth-order valence-electron chi connectivity index (χ4n) is 2.06. The summed E-state index contributed by atoms with van der Waals surface area (Å²) in [6, 6.07) is 11.2. The lowest BCUT2D eigenvalue weighted by Gasteiger charge is -2.12. The zero-order valence-corrected chi connectivity index (χ0v) is 12.7. The molecule has 0 bridgehead atoms. The van der Waals surface area contributed by atoms with E-state index in [0.717, 1.165) is 11.6 Å². The molecule has 1 atom stereocenters. The lowest BCUT2D eigenvalue weighted by Crippen LogP contribution is -2.14. The molecule has 0 amide bonds.